The normalized spacial score (nSPS) is 11.6. The monoisotopic (exact) mass is 490 g/mol. The first kappa shape index (κ1) is 22.0. The van der Waals surface area contributed by atoms with Gasteiger partial charge in [0.2, 0.25) is 5.91 Å². The number of hydrogen-bond donors (Lipinski definition) is 2. The third-order valence-electron chi connectivity index (χ3n) is 4.09. The highest BCUT2D eigenvalue weighted by Crippen LogP contribution is 2.27. The predicted molar refractivity (Wildman–Crippen MR) is 119 cm³/mol. The number of nitrogens with one attached hydrogen (secondary N) is 2. The lowest BCUT2D eigenvalue weighted by Crippen LogP contribution is -2.22. The molecule has 154 valence electrons. The Morgan fingerprint density at radius 1 is 0.933 bits per heavy atom. The lowest BCUT2D eigenvalue weighted by molar-refractivity contribution is -0.115. The molecular formula is C22H17BrF2N2O2S. The van der Waals surface area contributed by atoms with Gasteiger partial charge >= 0.3 is 0 Å². The van der Waals surface area contributed by atoms with Crippen molar-refractivity contribution >= 4 is 50.9 Å². The van der Waals surface area contributed by atoms with E-state index in [1.54, 1.807) is 37.3 Å². The first-order valence-electron chi connectivity index (χ1n) is 8.91. The quantitative estimate of drug-likeness (QED) is 0.410. The first-order valence-corrected chi connectivity index (χ1v) is 10.6. The molecule has 0 saturated heterocycles. The maximum atomic E-state index is 13.9. The lowest BCUT2D eigenvalue weighted by Gasteiger charge is -2.13. The predicted octanol–water partition coefficient (Wildman–Crippen LogP) is 6.10. The molecular weight excluding hydrogens is 474 g/mol. The Hall–Kier alpha value is -2.71. The minimum atomic E-state index is -0.517. The molecule has 0 aliphatic carbocycles. The first-order chi connectivity index (χ1) is 14.3. The highest BCUT2D eigenvalue weighted by molar-refractivity contribution is 9.10. The van der Waals surface area contributed by atoms with Crippen LogP contribution in [0.4, 0.5) is 20.2 Å². The van der Waals surface area contributed by atoms with Gasteiger partial charge in [-0.05, 0) is 73.7 Å². The number of halogens is 3. The van der Waals surface area contributed by atoms with E-state index in [-0.39, 0.29) is 17.5 Å². The van der Waals surface area contributed by atoms with E-state index in [4.69, 9.17) is 0 Å². The summed E-state index contributed by atoms with van der Waals surface area (Å²) >= 11 is 4.48. The average molecular weight is 491 g/mol. The number of carbonyl (C=O) groups excluding carboxylic acids is 2. The minimum absolute atomic E-state index is 0.120. The number of amides is 2. The van der Waals surface area contributed by atoms with Crippen molar-refractivity contribution in [3.8, 4) is 0 Å². The molecule has 0 radical (unpaired) electrons. The number of thioether (sulfide) groups is 1. The van der Waals surface area contributed by atoms with Crippen molar-refractivity contribution in [2.75, 3.05) is 10.6 Å². The smallest absolute Gasteiger partial charge is 0.255 e. The summed E-state index contributed by atoms with van der Waals surface area (Å²) in [7, 11) is 0. The number of carbonyl (C=O) groups is 2. The van der Waals surface area contributed by atoms with E-state index in [1.165, 1.54) is 48.2 Å². The Balaban J connectivity index is 1.57. The summed E-state index contributed by atoms with van der Waals surface area (Å²) in [4.78, 5) is 25.3. The fourth-order valence-electron chi connectivity index (χ4n) is 2.50. The maximum absolute atomic E-state index is 13.9. The van der Waals surface area contributed by atoms with Crippen LogP contribution in [-0.2, 0) is 4.79 Å². The van der Waals surface area contributed by atoms with Gasteiger partial charge in [0.15, 0.2) is 0 Å². The summed E-state index contributed by atoms with van der Waals surface area (Å²) in [5, 5.41) is 4.84. The van der Waals surface area contributed by atoms with Crippen LogP contribution in [-0.4, -0.2) is 17.1 Å². The number of hydrogen-bond acceptors (Lipinski definition) is 3. The van der Waals surface area contributed by atoms with Crippen LogP contribution in [0.5, 0.6) is 0 Å². The molecule has 0 saturated carbocycles. The Morgan fingerprint density at radius 2 is 1.60 bits per heavy atom. The van der Waals surface area contributed by atoms with Gasteiger partial charge in [0.25, 0.3) is 5.91 Å². The molecule has 8 heteroatoms. The molecule has 0 bridgehead atoms. The van der Waals surface area contributed by atoms with Crippen LogP contribution < -0.4 is 10.6 Å². The molecule has 0 aliphatic heterocycles. The van der Waals surface area contributed by atoms with Gasteiger partial charge in [0, 0.05) is 20.6 Å². The van der Waals surface area contributed by atoms with Gasteiger partial charge in [-0.1, -0.05) is 15.9 Å². The molecule has 1 unspecified atom stereocenters. The molecule has 3 rings (SSSR count). The second-order valence-corrected chi connectivity index (χ2v) is 8.69. The fraction of sp³-hybridized carbons (Fsp3) is 0.0909. The van der Waals surface area contributed by atoms with Gasteiger partial charge in [-0.2, -0.15) is 0 Å². The topological polar surface area (TPSA) is 58.2 Å². The number of anilines is 2. The van der Waals surface area contributed by atoms with Crippen molar-refractivity contribution in [1.29, 1.82) is 0 Å². The number of benzene rings is 3. The zero-order valence-electron chi connectivity index (χ0n) is 15.8. The largest absolute Gasteiger partial charge is 0.323 e. The second-order valence-electron chi connectivity index (χ2n) is 6.36. The fourth-order valence-corrected chi connectivity index (χ4v) is 3.70. The Bertz CT molecular complexity index is 1060. The number of rotatable bonds is 6. The molecule has 3 aromatic rings. The van der Waals surface area contributed by atoms with E-state index in [1.807, 2.05) is 0 Å². The van der Waals surface area contributed by atoms with E-state index in [0.29, 0.717) is 15.7 Å². The molecule has 0 aromatic heterocycles. The molecule has 0 heterocycles. The molecule has 3 aromatic carbocycles. The third-order valence-corrected chi connectivity index (χ3v) is 5.69. The third kappa shape index (κ3) is 5.90. The van der Waals surface area contributed by atoms with Gasteiger partial charge in [-0.3, -0.25) is 9.59 Å². The summed E-state index contributed by atoms with van der Waals surface area (Å²) in [6.07, 6.45) is 0. The summed E-state index contributed by atoms with van der Waals surface area (Å²) in [6, 6.07) is 16.7. The van der Waals surface area contributed by atoms with Crippen molar-refractivity contribution in [2.45, 2.75) is 17.1 Å². The van der Waals surface area contributed by atoms with E-state index >= 15 is 0 Å². The van der Waals surface area contributed by atoms with Crippen LogP contribution in [0.1, 0.15) is 17.3 Å². The van der Waals surface area contributed by atoms with Crippen LogP contribution in [0.3, 0.4) is 0 Å². The van der Waals surface area contributed by atoms with E-state index in [0.717, 1.165) is 4.90 Å². The average Bonchev–Trinajstić information content (AvgIpc) is 2.72. The van der Waals surface area contributed by atoms with Crippen molar-refractivity contribution in [3.63, 3.8) is 0 Å². The van der Waals surface area contributed by atoms with E-state index in [9.17, 15) is 18.4 Å². The second kappa shape index (κ2) is 9.86. The molecule has 0 fully saturated rings. The van der Waals surface area contributed by atoms with Gasteiger partial charge < -0.3 is 10.6 Å². The summed E-state index contributed by atoms with van der Waals surface area (Å²) < 4.78 is 27.4. The molecule has 2 amide bonds. The zero-order valence-corrected chi connectivity index (χ0v) is 18.2. The Labute approximate surface area is 185 Å². The van der Waals surface area contributed by atoms with Crippen molar-refractivity contribution in [1.82, 2.24) is 0 Å². The standard InChI is InChI=1S/C22H17BrF2N2O2S/c1-13(21(28)27-20-11-4-15(23)12-19(20)25)30-18-9-7-17(8-10-18)26-22(29)14-2-5-16(24)6-3-14/h2-13H,1H3,(H,26,29)(H,27,28). The van der Waals surface area contributed by atoms with Crippen LogP contribution >= 0.6 is 27.7 Å². The highest BCUT2D eigenvalue weighted by atomic mass is 79.9. The summed E-state index contributed by atoms with van der Waals surface area (Å²) in [5.41, 5.74) is 1.04. The molecule has 1 atom stereocenters. The van der Waals surface area contributed by atoms with Crippen LogP contribution in [0.15, 0.2) is 76.1 Å². The summed E-state index contributed by atoms with van der Waals surface area (Å²) in [5.74, 6) is -1.60. The van der Waals surface area contributed by atoms with Crippen molar-refractivity contribution < 1.29 is 18.4 Å². The Morgan fingerprint density at radius 3 is 2.23 bits per heavy atom. The maximum Gasteiger partial charge on any atom is 0.255 e. The molecule has 30 heavy (non-hydrogen) atoms. The van der Waals surface area contributed by atoms with Gasteiger partial charge in [0.1, 0.15) is 11.6 Å². The van der Waals surface area contributed by atoms with Crippen LogP contribution in [0.2, 0.25) is 0 Å². The van der Waals surface area contributed by atoms with Crippen molar-refractivity contribution in [3.05, 3.63) is 88.4 Å². The molecule has 0 spiro atoms. The minimum Gasteiger partial charge on any atom is -0.323 e. The Kier molecular flexibility index (Phi) is 7.23. The highest BCUT2D eigenvalue weighted by Gasteiger charge is 2.16. The van der Waals surface area contributed by atoms with Crippen molar-refractivity contribution in [2.24, 2.45) is 0 Å². The van der Waals surface area contributed by atoms with Crippen LogP contribution in [0.25, 0.3) is 0 Å². The van der Waals surface area contributed by atoms with Crippen LogP contribution in [0, 0.1) is 11.6 Å². The molecule has 2 N–H and O–H groups in total. The van der Waals surface area contributed by atoms with Gasteiger partial charge in [-0.15, -0.1) is 11.8 Å². The lowest BCUT2D eigenvalue weighted by atomic mass is 10.2. The van der Waals surface area contributed by atoms with Gasteiger partial charge in [0.05, 0.1) is 10.9 Å². The SMILES string of the molecule is CC(Sc1ccc(NC(=O)c2ccc(F)cc2)cc1)C(=O)Nc1ccc(Br)cc1F. The van der Waals surface area contributed by atoms with E-state index < -0.39 is 16.9 Å². The zero-order chi connectivity index (χ0) is 21.7. The molecule has 0 aliphatic rings. The molecule has 4 nitrogen and oxygen atoms in total. The van der Waals surface area contributed by atoms with Gasteiger partial charge in [-0.25, -0.2) is 8.78 Å². The van der Waals surface area contributed by atoms with E-state index in [2.05, 4.69) is 26.6 Å². The summed E-state index contributed by atoms with van der Waals surface area (Å²) in [6.45, 7) is 1.72.